The Hall–Kier alpha value is -1.20. The predicted molar refractivity (Wildman–Crippen MR) is 84.8 cm³/mol. The zero-order valence-corrected chi connectivity index (χ0v) is 13.5. The molecule has 0 saturated carbocycles. The fourth-order valence-corrected chi connectivity index (χ4v) is 3.79. The molecule has 21 heavy (non-hydrogen) atoms. The molecule has 2 atom stereocenters. The highest BCUT2D eigenvalue weighted by Crippen LogP contribution is 2.15. The third-order valence-electron chi connectivity index (χ3n) is 3.55. The highest BCUT2D eigenvalue weighted by atomic mass is 32.2. The normalized spacial score (nSPS) is 20.0. The van der Waals surface area contributed by atoms with Crippen molar-refractivity contribution in [2.24, 2.45) is 0 Å². The molecule has 0 aromatic heterocycles. The van der Waals surface area contributed by atoms with Gasteiger partial charge in [-0.2, -0.15) is 0 Å². The minimum Gasteiger partial charge on any atom is -0.377 e. The van der Waals surface area contributed by atoms with Gasteiger partial charge in [-0.1, -0.05) is 12.1 Å². The number of carbonyl (C=O) groups is 1. The molecular weight excluding hydrogens is 286 g/mol. The number of rotatable bonds is 5. The Morgan fingerprint density at radius 1 is 1.38 bits per heavy atom. The Bertz CT molecular complexity index is 510. The third-order valence-corrected chi connectivity index (χ3v) is 4.95. The number of ether oxygens (including phenoxy) is 1. The molecule has 0 bridgehead atoms. The Morgan fingerprint density at radius 2 is 2.19 bits per heavy atom. The Morgan fingerprint density at radius 3 is 2.86 bits per heavy atom. The second-order valence-corrected chi connectivity index (χ2v) is 7.14. The van der Waals surface area contributed by atoms with Crippen molar-refractivity contribution < 1.29 is 13.7 Å². The molecule has 1 fully saturated rings. The van der Waals surface area contributed by atoms with Gasteiger partial charge in [0.2, 0.25) is 0 Å². The first-order chi connectivity index (χ1) is 10.1. The van der Waals surface area contributed by atoms with E-state index < -0.39 is 10.8 Å². The van der Waals surface area contributed by atoms with Crippen molar-refractivity contribution in [3.63, 3.8) is 0 Å². The number of carbonyl (C=O) groups excluding carboxylic acids is 1. The van der Waals surface area contributed by atoms with Crippen LogP contribution in [0.3, 0.4) is 0 Å². The van der Waals surface area contributed by atoms with Crippen LogP contribution in [-0.2, 0) is 21.3 Å². The molecule has 5 heteroatoms. The van der Waals surface area contributed by atoms with Crippen LogP contribution >= 0.6 is 0 Å². The summed E-state index contributed by atoms with van der Waals surface area (Å²) in [6.07, 6.45) is 3.41. The summed E-state index contributed by atoms with van der Waals surface area (Å²) in [5.74, 6) is 1.04. The largest absolute Gasteiger partial charge is 0.377 e. The van der Waals surface area contributed by atoms with Crippen LogP contribution in [0.15, 0.2) is 24.3 Å². The fraction of sp³-hybridized carbons (Fsp3) is 0.562. The minimum absolute atomic E-state index is 0.0294. The molecule has 0 aliphatic carbocycles. The van der Waals surface area contributed by atoms with Crippen LogP contribution < -0.4 is 0 Å². The molecule has 2 rings (SSSR count). The molecule has 1 heterocycles. The topological polar surface area (TPSA) is 46.6 Å². The highest BCUT2D eigenvalue weighted by molar-refractivity contribution is 7.84. The monoisotopic (exact) mass is 309 g/mol. The zero-order chi connectivity index (χ0) is 15.2. The Balaban J connectivity index is 1.94. The van der Waals surface area contributed by atoms with Crippen molar-refractivity contribution >= 4 is 16.7 Å². The van der Waals surface area contributed by atoms with Crippen molar-refractivity contribution in [3.05, 3.63) is 35.4 Å². The van der Waals surface area contributed by atoms with Gasteiger partial charge < -0.3 is 9.64 Å². The second kappa shape index (κ2) is 7.71. The molecule has 0 spiro atoms. The van der Waals surface area contributed by atoms with Crippen LogP contribution in [0, 0.1) is 0 Å². The van der Waals surface area contributed by atoms with Crippen molar-refractivity contribution in [1.82, 2.24) is 4.90 Å². The van der Waals surface area contributed by atoms with Crippen LogP contribution in [-0.4, -0.2) is 47.6 Å². The number of amides is 1. The lowest BCUT2D eigenvalue weighted by molar-refractivity contribution is 0.0310. The van der Waals surface area contributed by atoms with Gasteiger partial charge in [0.1, 0.15) is 0 Å². The van der Waals surface area contributed by atoms with E-state index in [1.54, 1.807) is 25.1 Å². The maximum Gasteiger partial charge on any atom is 0.253 e. The Labute approximate surface area is 128 Å². The summed E-state index contributed by atoms with van der Waals surface area (Å²) in [6, 6.07) is 7.40. The summed E-state index contributed by atoms with van der Waals surface area (Å²) < 4.78 is 17.9. The van der Waals surface area contributed by atoms with Gasteiger partial charge in [0, 0.05) is 42.8 Å². The van der Waals surface area contributed by atoms with Crippen molar-refractivity contribution in [1.29, 1.82) is 0 Å². The van der Waals surface area contributed by atoms with Crippen molar-refractivity contribution in [2.45, 2.75) is 31.1 Å². The van der Waals surface area contributed by atoms with E-state index in [2.05, 4.69) is 0 Å². The zero-order valence-electron chi connectivity index (χ0n) is 12.7. The molecule has 1 aromatic carbocycles. The van der Waals surface area contributed by atoms with E-state index in [1.165, 1.54) is 0 Å². The molecule has 1 amide bonds. The summed E-state index contributed by atoms with van der Waals surface area (Å²) in [6.45, 7) is 0.786. The van der Waals surface area contributed by atoms with Gasteiger partial charge in [-0.15, -0.1) is 0 Å². The second-order valence-electron chi connectivity index (χ2n) is 5.64. The van der Waals surface area contributed by atoms with E-state index in [9.17, 15) is 9.00 Å². The maximum atomic E-state index is 12.2. The lowest BCUT2D eigenvalue weighted by atomic mass is 10.1. The standard InChI is InChI=1S/C16H23NO3S/c1-17(2)16(18)14-7-5-6-13(10-14)11-21(19)12-15-8-3-4-9-20-15/h5-7,10,15H,3-4,8-9,11-12H2,1-2H3/t15-,21+/m1/s1. The predicted octanol–water partition coefficient (Wildman–Crippen LogP) is 2.21. The van der Waals surface area contributed by atoms with E-state index >= 15 is 0 Å². The van der Waals surface area contributed by atoms with E-state index in [4.69, 9.17) is 4.74 Å². The molecule has 116 valence electrons. The fourth-order valence-electron chi connectivity index (χ4n) is 2.44. The molecule has 0 radical (unpaired) electrons. The van der Waals surface area contributed by atoms with Gasteiger partial charge in [-0.3, -0.25) is 9.00 Å². The van der Waals surface area contributed by atoms with Crippen LogP contribution in [0.25, 0.3) is 0 Å². The lowest BCUT2D eigenvalue weighted by Crippen LogP contribution is -2.25. The van der Waals surface area contributed by atoms with Crippen LogP contribution in [0.1, 0.15) is 35.2 Å². The smallest absolute Gasteiger partial charge is 0.253 e. The lowest BCUT2D eigenvalue weighted by Gasteiger charge is -2.22. The van der Waals surface area contributed by atoms with E-state index in [1.807, 2.05) is 18.2 Å². The first-order valence-electron chi connectivity index (χ1n) is 7.33. The molecule has 0 N–H and O–H groups in total. The summed E-state index contributed by atoms with van der Waals surface area (Å²) in [7, 11) is 2.51. The van der Waals surface area contributed by atoms with Crippen LogP contribution in [0.2, 0.25) is 0 Å². The van der Waals surface area contributed by atoms with Crippen LogP contribution in [0.4, 0.5) is 0 Å². The number of hydrogen-bond donors (Lipinski definition) is 0. The van der Waals surface area contributed by atoms with Gasteiger partial charge in [0.25, 0.3) is 5.91 Å². The van der Waals surface area contributed by atoms with Gasteiger partial charge in [0.15, 0.2) is 0 Å². The minimum atomic E-state index is -0.951. The Kier molecular flexibility index (Phi) is 5.94. The van der Waals surface area contributed by atoms with E-state index in [-0.39, 0.29) is 12.0 Å². The van der Waals surface area contributed by atoms with Crippen molar-refractivity contribution in [3.8, 4) is 0 Å². The molecule has 1 aliphatic heterocycles. The summed E-state index contributed by atoms with van der Waals surface area (Å²) in [4.78, 5) is 13.5. The summed E-state index contributed by atoms with van der Waals surface area (Å²) in [5, 5.41) is 0. The highest BCUT2D eigenvalue weighted by Gasteiger charge is 2.17. The van der Waals surface area contributed by atoms with Crippen molar-refractivity contribution in [2.75, 3.05) is 26.5 Å². The average molecular weight is 309 g/mol. The molecular formula is C16H23NO3S. The van der Waals surface area contributed by atoms with Gasteiger partial charge in [0.05, 0.1) is 11.9 Å². The molecule has 4 nitrogen and oxygen atoms in total. The maximum absolute atomic E-state index is 12.2. The molecule has 1 aromatic rings. The number of hydrogen-bond acceptors (Lipinski definition) is 3. The van der Waals surface area contributed by atoms with E-state index in [0.717, 1.165) is 31.4 Å². The first-order valence-corrected chi connectivity index (χ1v) is 8.82. The third kappa shape index (κ3) is 4.93. The molecule has 1 aliphatic rings. The SMILES string of the molecule is CN(C)C(=O)c1cccc(C[S@](=O)C[C@H]2CCCCO2)c1. The first kappa shape index (κ1) is 16.2. The number of nitrogens with zero attached hydrogens (tertiary/aromatic N) is 1. The average Bonchev–Trinajstić information content (AvgIpc) is 2.47. The van der Waals surface area contributed by atoms with Gasteiger partial charge >= 0.3 is 0 Å². The summed E-state index contributed by atoms with van der Waals surface area (Å²) in [5.41, 5.74) is 1.58. The summed E-state index contributed by atoms with van der Waals surface area (Å²) >= 11 is 0. The van der Waals surface area contributed by atoms with Gasteiger partial charge in [-0.05, 0) is 37.0 Å². The molecule has 0 unspecified atom stereocenters. The van der Waals surface area contributed by atoms with Crippen LogP contribution in [0.5, 0.6) is 0 Å². The van der Waals surface area contributed by atoms with Gasteiger partial charge in [-0.25, -0.2) is 0 Å². The quantitative estimate of drug-likeness (QED) is 0.838. The number of benzene rings is 1. The van der Waals surface area contributed by atoms with E-state index in [0.29, 0.717) is 17.1 Å². The molecule has 1 saturated heterocycles.